The highest BCUT2D eigenvalue weighted by Gasteiger charge is 2.36. The van der Waals surface area contributed by atoms with Crippen LogP contribution in [0, 0.1) is 0 Å². The van der Waals surface area contributed by atoms with Crippen LogP contribution < -0.4 is 5.32 Å². The molecule has 0 aliphatic carbocycles. The number of hydrogen-bond donors (Lipinski definition) is 2. The summed E-state index contributed by atoms with van der Waals surface area (Å²) in [6.45, 7) is 4.84. The molecule has 1 aromatic heterocycles. The zero-order valence-corrected chi connectivity index (χ0v) is 19.8. The number of aldehydes is 1. The minimum absolute atomic E-state index is 0.0225. The Kier molecular flexibility index (Phi) is 7.87. The molecular weight excluding hydrogens is 490 g/mol. The van der Waals surface area contributed by atoms with Gasteiger partial charge in [0.2, 0.25) is 10.0 Å². The summed E-state index contributed by atoms with van der Waals surface area (Å²) >= 11 is 3.34. The van der Waals surface area contributed by atoms with Gasteiger partial charge in [-0.3, -0.25) is 9.59 Å². The van der Waals surface area contributed by atoms with Crippen molar-refractivity contribution in [3.63, 3.8) is 0 Å². The molecule has 1 aliphatic heterocycles. The van der Waals surface area contributed by atoms with Gasteiger partial charge in [-0.15, -0.1) is 0 Å². The van der Waals surface area contributed by atoms with Crippen LogP contribution in [0.15, 0.2) is 27.6 Å². The zero-order chi connectivity index (χ0) is 22.6. The van der Waals surface area contributed by atoms with Gasteiger partial charge in [0, 0.05) is 41.6 Å². The van der Waals surface area contributed by atoms with Crippen molar-refractivity contribution in [3.8, 4) is 0 Å². The number of carbonyl (C=O) groups excluding carboxylic acids is 2. The summed E-state index contributed by atoms with van der Waals surface area (Å²) in [5.74, 6) is -0.373. The Balaban J connectivity index is 1.74. The summed E-state index contributed by atoms with van der Waals surface area (Å²) in [7, 11) is -4.04. The normalized spacial score (nSPS) is 17.9. The number of morpholine rings is 1. The van der Waals surface area contributed by atoms with Crippen LogP contribution in [0.1, 0.15) is 30.8 Å². The first-order valence-electron chi connectivity index (χ1n) is 10.0. The molecular formula is C20H26BrN3O6S. The Morgan fingerprint density at radius 1 is 1.45 bits per heavy atom. The van der Waals surface area contributed by atoms with Crippen LogP contribution in [0.3, 0.4) is 0 Å². The van der Waals surface area contributed by atoms with Gasteiger partial charge in [0.1, 0.15) is 11.0 Å². The monoisotopic (exact) mass is 515 g/mol. The van der Waals surface area contributed by atoms with Crippen molar-refractivity contribution >= 4 is 49.0 Å². The number of H-pyrrole nitrogens is 1. The third kappa shape index (κ3) is 5.53. The number of carbonyl (C=O) groups is 2. The van der Waals surface area contributed by atoms with Crippen LogP contribution in [0.2, 0.25) is 0 Å². The Labute approximate surface area is 189 Å². The molecule has 170 valence electrons. The maximum Gasteiger partial charge on any atom is 0.250 e. The number of nitrogens with zero attached hydrogens (tertiary/aromatic N) is 1. The van der Waals surface area contributed by atoms with Crippen molar-refractivity contribution in [2.45, 2.75) is 37.4 Å². The Morgan fingerprint density at radius 2 is 2.23 bits per heavy atom. The van der Waals surface area contributed by atoms with Crippen LogP contribution in [-0.2, 0) is 24.3 Å². The Bertz CT molecular complexity index is 1050. The molecule has 1 atom stereocenters. The molecule has 1 unspecified atom stereocenters. The van der Waals surface area contributed by atoms with E-state index in [1.165, 1.54) is 4.31 Å². The highest BCUT2D eigenvalue weighted by molar-refractivity contribution is 9.10. The van der Waals surface area contributed by atoms with Crippen molar-refractivity contribution < 1.29 is 27.5 Å². The second-order valence-corrected chi connectivity index (χ2v) is 10.3. The molecule has 3 rings (SSSR count). The minimum atomic E-state index is -4.04. The number of nitrogens with one attached hydrogen (secondary N) is 2. The lowest BCUT2D eigenvalue weighted by Crippen LogP contribution is -2.51. The van der Waals surface area contributed by atoms with Crippen LogP contribution in [0.25, 0.3) is 10.9 Å². The predicted molar refractivity (Wildman–Crippen MR) is 119 cm³/mol. The molecule has 1 fully saturated rings. The number of fused-ring (bicyclic) bond motifs is 1. The summed E-state index contributed by atoms with van der Waals surface area (Å²) < 4.78 is 39.6. The van der Waals surface area contributed by atoms with Crippen LogP contribution in [0.5, 0.6) is 0 Å². The maximum atomic E-state index is 13.4. The van der Waals surface area contributed by atoms with Crippen molar-refractivity contribution in [2.75, 3.05) is 32.8 Å². The molecule has 2 N–H and O–H groups in total. The fraction of sp³-hybridized carbons (Fsp3) is 0.500. The Morgan fingerprint density at radius 3 is 2.94 bits per heavy atom. The van der Waals surface area contributed by atoms with E-state index in [1.54, 1.807) is 18.2 Å². The van der Waals surface area contributed by atoms with E-state index in [4.69, 9.17) is 9.47 Å². The molecule has 1 aromatic carbocycles. The molecule has 11 heteroatoms. The second-order valence-electron chi connectivity index (χ2n) is 7.46. The Hall–Kier alpha value is -1.79. The minimum Gasteiger partial charge on any atom is -0.379 e. The van der Waals surface area contributed by atoms with Gasteiger partial charge in [0.15, 0.2) is 6.29 Å². The number of aromatic nitrogens is 1. The summed E-state index contributed by atoms with van der Waals surface area (Å²) in [5, 5.41) is 3.17. The SMILES string of the molecule is CC(C)OCCCNC(=O)C1CN(S(=O)(=O)c2c(C=O)[nH]c3ccc(Br)cc23)CCO1. The van der Waals surface area contributed by atoms with Gasteiger partial charge in [0.05, 0.1) is 18.4 Å². The van der Waals surface area contributed by atoms with Gasteiger partial charge in [-0.25, -0.2) is 8.42 Å². The molecule has 1 amide bonds. The molecule has 2 heterocycles. The van der Waals surface area contributed by atoms with Gasteiger partial charge in [0.25, 0.3) is 5.91 Å². The first-order valence-corrected chi connectivity index (χ1v) is 12.2. The molecule has 0 radical (unpaired) electrons. The maximum absolute atomic E-state index is 13.4. The van der Waals surface area contributed by atoms with E-state index < -0.39 is 16.1 Å². The average Bonchev–Trinajstić information content (AvgIpc) is 3.11. The number of hydrogen-bond acceptors (Lipinski definition) is 6. The number of aromatic amines is 1. The van der Waals surface area contributed by atoms with E-state index in [0.717, 1.165) is 0 Å². The van der Waals surface area contributed by atoms with Crippen LogP contribution in [-0.4, -0.2) is 75.0 Å². The lowest BCUT2D eigenvalue weighted by atomic mass is 10.2. The number of halogens is 1. The van der Waals surface area contributed by atoms with E-state index in [-0.39, 0.29) is 42.3 Å². The highest BCUT2D eigenvalue weighted by Crippen LogP contribution is 2.31. The topological polar surface area (TPSA) is 118 Å². The number of ether oxygens (including phenoxy) is 2. The lowest BCUT2D eigenvalue weighted by molar-refractivity contribution is -0.136. The quantitative estimate of drug-likeness (QED) is 0.389. The lowest BCUT2D eigenvalue weighted by Gasteiger charge is -2.31. The van der Waals surface area contributed by atoms with Crippen LogP contribution >= 0.6 is 15.9 Å². The number of sulfonamides is 1. The van der Waals surface area contributed by atoms with Gasteiger partial charge in [-0.1, -0.05) is 15.9 Å². The van der Waals surface area contributed by atoms with E-state index in [9.17, 15) is 18.0 Å². The molecule has 0 saturated carbocycles. The number of benzene rings is 1. The third-order valence-electron chi connectivity index (χ3n) is 4.85. The van der Waals surface area contributed by atoms with Crippen molar-refractivity contribution in [1.82, 2.24) is 14.6 Å². The van der Waals surface area contributed by atoms with E-state index >= 15 is 0 Å². The third-order valence-corrected chi connectivity index (χ3v) is 7.31. The summed E-state index contributed by atoms with van der Waals surface area (Å²) in [4.78, 5) is 26.8. The van der Waals surface area contributed by atoms with Crippen molar-refractivity contribution in [2.24, 2.45) is 0 Å². The molecule has 1 saturated heterocycles. The first kappa shape index (κ1) is 23.9. The smallest absolute Gasteiger partial charge is 0.250 e. The van der Waals surface area contributed by atoms with Gasteiger partial charge >= 0.3 is 0 Å². The van der Waals surface area contributed by atoms with Crippen LogP contribution in [0.4, 0.5) is 0 Å². The van der Waals surface area contributed by atoms with Crippen molar-refractivity contribution in [3.05, 3.63) is 28.4 Å². The van der Waals surface area contributed by atoms with E-state index in [2.05, 4.69) is 26.2 Å². The fourth-order valence-electron chi connectivity index (χ4n) is 3.37. The molecule has 31 heavy (non-hydrogen) atoms. The predicted octanol–water partition coefficient (Wildman–Crippen LogP) is 2.06. The fourth-order valence-corrected chi connectivity index (χ4v) is 5.46. The number of amides is 1. The molecule has 2 aromatic rings. The first-order chi connectivity index (χ1) is 14.7. The standard InChI is InChI=1S/C20H26BrN3O6S/c1-13(2)29-8-3-6-22-20(26)18-11-24(7-9-30-18)31(27,28)19-15-10-14(21)4-5-16(15)23-17(19)12-25/h4-5,10,12-13,18,23H,3,6-9,11H2,1-2H3,(H,22,26). The molecule has 1 aliphatic rings. The highest BCUT2D eigenvalue weighted by atomic mass is 79.9. The summed E-state index contributed by atoms with van der Waals surface area (Å²) in [5.41, 5.74) is 0.515. The van der Waals surface area contributed by atoms with Crippen molar-refractivity contribution in [1.29, 1.82) is 0 Å². The summed E-state index contributed by atoms with van der Waals surface area (Å²) in [6, 6.07) is 5.10. The average molecular weight is 516 g/mol. The number of rotatable bonds is 9. The zero-order valence-electron chi connectivity index (χ0n) is 17.4. The van der Waals surface area contributed by atoms with E-state index in [0.29, 0.717) is 41.2 Å². The summed E-state index contributed by atoms with van der Waals surface area (Å²) in [6.07, 6.45) is 0.333. The van der Waals surface area contributed by atoms with E-state index in [1.807, 2.05) is 13.8 Å². The second kappa shape index (κ2) is 10.2. The van der Waals surface area contributed by atoms with Gasteiger partial charge in [-0.2, -0.15) is 4.31 Å². The van der Waals surface area contributed by atoms with Gasteiger partial charge in [-0.05, 0) is 38.5 Å². The van der Waals surface area contributed by atoms with Gasteiger partial charge < -0.3 is 19.8 Å². The largest absolute Gasteiger partial charge is 0.379 e. The molecule has 0 spiro atoms. The molecule has 0 bridgehead atoms. The molecule has 9 nitrogen and oxygen atoms in total.